The number of amides is 1. The maximum Gasteiger partial charge on any atom is 0.407 e. The Morgan fingerprint density at radius 2 is 2.36 bits per heavy atom. The fourth-order valence-corrected chi connectivity index (χ4v) is 2.70. The molecule has 7 nitrogen and oxygen atoms in total. The third-order valence-corrected chi connectivity index (χ3v) is 3.65. The molecule has 0 spiro atoms. The molecular weight excluding hydrogens is 282 g/mol. The van der Waals surface area contributed by atoms with Crippen molar-refractivity contribution in [2.75, 3.05) is 26.2 Å². The zero-order chi connectivity index (χ0) is 16.0. The number of hydrogen-bond donors (Lipinski definition) is 2. The fraction of sp³-hybridized carbons (Fsp3) is 0.800. The van der Waals surface area contributed by atoms with Crippen LogP contribution in [0.2, 0.25) is 0 Å². The first-order valence-electron chi connectivity index (χ1n) is 7.98. The van der Waals surface area contributed by atoms with E-state index in [4.69, 9.17) is 4.74 Å². The number of rotatable bonds is 5. The summed E-state index contributed by atoms with van der Waals surface area (Å²) in [5.74, 6) is 1.42. The van der Waals surface area contributed by atoms with Crippen molar-refractivity contribution < 1.29 is 9.53 Å². The lowest BCUT2D eigenvalue weighted by Gasteiger charge is -2.31. The molecule has 1 atom stereocenters. The first-order valence-corrected chi connectivity index (χ1v) is 7.98. The molecule has 22 heavy (non-hydrogen) atoms. The van der Waals surface area contributed by atoms with Crippen LogP contribution in [0.15, 0.2) is 6.33 Å². The molecule has 1 unspecified atom stereocenters. The van der Waals surface area contributed by atoms with Crippen LogP contribution in [0.5, 0.6) is 0 Å². The van der Waals surface area contributed by atoms with Gasteiger partial charge in [0.1, 0.15) is 17.8 Å². The highest BCUT2D eigenvalue weighted by Crippen LogP contribution is 2.23. The number of carbonyl (C=O) groups excluding carboxylic acids is 1. The monoisotopic (exact) mass is 309 g/mol. The van der Waals surface area contributed by atoms with Crippen molar-refractivity contribution in [3.8, 4) is 0 Å². The summed E-state index contributed by atoms with van der Waals surface area (Å²) >= 11 is 0. The van der Waals surface area contributed by atoms with E-state index in [0.29, 0.717) is 12.5 Å². The Balaban J connectivity index is 1.64. The predicted octanol–water partition coefficient (Wildman–Crippen LogP) is 1.90. The van der Waals surface area contributed by atoms with Crippen molar-refractivity contribution in [3.05, 3.63) is 12.2 Å². The number of likely N-dealkylation sites (tertiary alicyclic amines) is 1. The summed E-state index contributed by atoms with van der Waals surface area (Å²) in [7, 11) is 0. The van der Waals surface area contributed by atoms with Gasteiger partial charge in [-0.2, -0.15) is 5.10 Å². The lowest BCUT2D eigenvalue weighted by molar-refractivity contribution is 0.0525. The summed E-state index contributed by atoms with van der Waals surface area (Å²) in [6.07, 6.45) is 4.47. The Morgan fingerprint density at radius 3 is 3.05 bits per heavy atom. The molecule has 1 saturated heterocycles. The predicted molar refractivity (Wildman–Crippen MR) is 83.7 cm³/mol. The summed E-state index contributed by atoms with van der Waals surface area (Å²) in [6, 6.07) is 0. The molecule has 1 amide bonds. The average Bonchev–Trinajstić information content (AvgIpc) is 2.96. The van der Waals surface area contributed by atoms with Gasteiger partial charge in [-0.05, 0) is 53.1 Å². The van der Waals surface area contributed by atoms with E-state index in [0.717, 1.165) is 38.3 Å². The normalized spacial score (nSPS) is 19.9. The SMILES string of the molecule is CC(C)(C)OC(=O)NCCCN1CCCC(c2ncn[nH]2)C1. The minimum atomic E-state index is -0.443. The van der Waals surface area contributed by atoms with Crippen LogP contribution in [-0.2, 0) is 4.74 Å². The molecule has 7 heteroatoms. The Hall–Kier alpha value is -1.63. The number of carbonyl (C=O) groups is 1. The van der Waals surface area contributed by atoms with Gasteiger partial charge in [-0.25, -0.2) is 9.78 Å². The van der Waals surface area contributed by atoms with Crippen molar-refractivity contribution in [2.24, 2.45) is 0 Å². The molecular formula is C15H27N5O2. The zero-order valence-electron chi connectivity index (χ0n) is 13.8. The molecule has 1 aliphatic rings. The van der Waals surface area contributed by atoms with Gasteiger partial charge < -0.3 is 15.0 Å². The topological polar surface area (TPSA) is 83.1 Å². The van der Waals surface area contributed by atoms with Crippen molar-refractivity contribution in [1.82, 2.24) is 25.4 Å². The average molecular weight is 309 g/mol. The number of aromatic amines is 1. The maximum absolute atomic E-state index is 11.6. The molecule has 1 aromatic rings. The van der Waals surface area contributed by atoms with Crippen molar-refractivity contribution >= 4 is 6.09 Å². The van der Waals surface area contributed by atoms with Crippen molar-refractivity contribution in [1.29, 1.82) is 0 Å². The highest BCUT2D eigenvalue weighted by atomic mass is 16.6. The largest absolute Gasteiger partial charge is 0.444 e. The van der Waals surface area contributed by atoms with Crippen LogP contribution in [-0.4, -0.2) is 58.0 Å². The number of nitrogens with one attached hydrogen (secondary N) is 2. The van der Waals surface area contributed by atoms with Gasteiger partial charge in [0, 0.05) is 19.0 Å². The number of hydrogen-bond acceptors (Lipinski definition) is 5. The summed E-state index contributed by atoms with van der Waals surface area (Å²) in [5, 5.41) is 9.70. The molecule has 0 saturated carbocycles. The first-order chi connectivity index (χ1) is 10.4. The van der Waals surface area contributed by atoms with Gasteiger partial charge in [0.15, 0.2) is 0 Å². The van der Waals surface area contributed by atoms with Crippen LogP contribution in [0.4, 0.5) is 4.79 Å². The molecule has 0 aromatic carbocycles. The van der Waals surface area contributed by atoms with E-state index in [2.05, 4.69) is 25.4 Å². The highest BCUT2D eigenvalue weighted by Gasteiger charge is 2.23. The van der Waals surface area contributed by atoms with E-state index in [9.17, 15) is 4.79 Å². The number of alkyl carbamates (subject to hydrolysis) is 1. The van der Waals surface area contributed by atoms with Crippen LogP contribution in [0.25, 0.3) is 0 Å². The lowest BCUT2D eigenvalue weighted by Crippen LogP contribution is -2.38. The van der Waals surface area contributed by atoms with Gasteiger partial charge in [0.2, 0.25) is 0 Å². The van der Waals surface area contributed by atoms with Crippen molar-refractivity contribution in [2.45, 2.75) is 51.6 Å². The van der Waals surface area contributed by atoms with Gasteiger partial charge in [-0.3, -0.25) is 5.10 Å². The summed E-state index contributed by atoms with van der Waals surface area (Å²) in [5.41, 5.74) is -0.443. The Morgan fingerprint density at radius 1 is 1.55 bits per heavy atom. The van der Waals surface area contributed by atoms with Crippen LogP contribution in [0.1, 0.15) is 51.8 Å². The molecule has 124 valence electrons. The van der Waals surface area contributed by atoms with Crippen LogP contribution in [0, 0.1) is 0 Å². The van der Waals surface area contributed by atoms with Crippen LogP contribution < -0.4 is 5.32 Å². The van der Waals surface area contributed by atoms with E-state index in [1.807, 2.05) is 20.8 Å². The molecule has 0 radical (unpaired) electrons. The number of nitrogens with zero attached hydrogens (tertiary/aromatic N) is 3. The van der Waals surface area contributed by atoms with Crippen molar-refractivity contribution in [3.63, 3.8) is 0 Å². The molecule has 2 heterocycles. The number of aromatic nitrogens is 3. The van der Waals surface area contributed by atoms with E-state index in [1.54, 1.807) is 6.33 Å². The fourth-order valence-electron chi connectivity index (χ4n) is 2.70. The number of H-pyrrole nitrogens is 1. The van der Waals surface area contributed by atoms with E-state index in [1.165, 1.54) is 6.42 Å². The molecule has 1 aliphatic heterocycles. The van der Waals surface area contributed by atoms with E-state index >= 15 is 0 Å². The number of piperidine rings is 1. The summed E-state index contributed by atoms with van der Waals surface area (Å²) < 4.78 is 5.21. The summed E-state index contributed by atoms with van der Waals surface area (Å²) in [4.78, 5) is 18.2. The van der Waals surface area contributed by atoms with Gasteiger partial charge in [-0.1, -0.05) is 0 Å². The first kappa shape index (κ1) is 16.7. The van der Waals surface area contributed by atoms with Gasteiger partial charge in [0.25, 0.3) is 0 Å². The molecule has 0 bridgehead atoms. The Kier molecular flexibility index (Phi) is 5.76. The Labute approximate surface area is 131 Å². The van der Waals surface area contributed by atoms with Gasteiger partial charge in [0.05, 0.1) is 0 Å². The minimum absolute atomic E-state index is 0.342. The Bertz CT molecular complexity index is 455. The van der Waals surface area contributed by atoms with Gasteiger partial charge >= 0.3 is 6.09 Å². The molecule has 2 rings (SSSR count). The second-order valence-electron chi connectivity index (χ2n) is 6.79. The smallest absolute Gasteiger partial charge is 0.407 e. The molecule has 1 aromatic heterocycles. The van der Waals surface area contributed by atoms with E-state index < -0.39 is 5.60 Å². The quantitative estimate of drug-likeness (QED) is 0.812. The van der Waals surface area contributed by atoms with Crippen LogP contribution >= 0.6 is 0 Å². The lowest BCUT2D eigenvalue weighted by atomic mass is 9.97. The standard InChI is InChI=1S/C15H27N5O2/c1-15(2,3)22-14(21)16-7-5-9-20-8-4-6-12(10-20)13-17-11-18-19-13/h11-12H,4-10H2,1-3H3,(H,16,21)(H,17,18,19). The number of ether oxygens (including phenoxy) is 1. The minimum Gasteiger partial charge on any atom is -0.444 e. The van der Waals surface area contributed by atoms with Crippen LogP contribution in [0.3, 0.4) is 0 Å². The second kappa shape index (κ2) is 7.58. The maximum atomic E-state index is 11.6. The highest BCUT2D eigenvalue weighted by molar-refractivity contribution is 5.67. The second-order valence-corrected chi connectivity index (χ2v) is 6.79. The third kappa shape index (κ3) is 5.63. The van der Waals surface area contributed by atoms with E-state index in [-0.39, 0.29) is 6.09 Å². The zero-order valence-corrected chi connectivity index (χ0v) is 13.8. The molecule has 1 fully saturated rings. The third-order valence-electron chi connectivity index (χ3n) is 3.65. The van der Waals surface area contributed by atoms with Gasteiger partial charge in [-0.15, -0.1) is 0 Å². The summed E-state index contributed by atoms with van der Waals surface area (Å²) in [6.45, 7) is 9.31. The molecule has 0 aliphatic carbocycles. The molecule has 2 N–H and O–H groups in total.